The smallest absolute Gasteiger partial charge is 0.267 e. The summed E-state index contributed by atoms with van der Waals surface area (Å²) >= 11 is 1.46. The summed E-state index contributed by atoms with van der Waals surface area (Å²) in [5.41, 5.74) is 4.80. The maximum Gasteiger partial charge on any atom is 0.267 e. The molecule has 6 heteroatoms. The van der Waals surface area contributed by atoms with Gasteiger partial charge in [-0.1, -0.05) is 37.5 Å². The fourth-order valence-corrected chi connectivity index (χ4v) is 5.95. The van der Waals surface area contributed by atoms with E-state index in [1.807, 2.05) is 55.2 Å². The minimum Gasteiger partial charge on any atom is -0.318 e. The number of nitrogens with zero attached hydrogens (tertiary/aromatic N) is 3. The van der Waals surface area contributed by atoms with Crippen molar-refractivity contribution in [3.8, 4) is 5.69 Å². The SMILES string of the molecule is Cc1cc(C=C2SC(=Nc3ccccc3)N(C3CCCCC3)C2=O)c(C)n1-c1ccc(F)cc1. The van der Waals surface area contributed by atoms with Crippen molar-refractivity contribution in [2.24, 2.45) is 4.99 Å². The van der Waals surface area contributed by atoms with Crippen LogP contribution in [0.5, 0.6) is 0 Å². The molecule has 1 aromatic heterocycles. The Morgan fingerprint density at radius 2 is 1.71 bits per heavy atom. The highest BCUT2D eigenvalue weighted by Crippen LogP contribution is 2.39. The lowest BCUT2D eigenvalue weighted by Crippen LogP contribution is -2.40. The number of benzene rings is 2. The first-order valence-corrected chi connectivity index (χ1v) is 12.6. The van der Waals surface area contributed by atoms with Crippen LogP contribution in [0.3, 0.4) is 0 Å². The maximum absolute atomic E-state index is 13.6. The Morgan fingerprint density at radius 1 is 1.00 bits per heavy atom. The summed E-state index contributed by atoms with van der Waals surface area (Å²) in [5.74, 6) is -0.215. The first-order chi connectivity index (χ1) is 16.5. The number of para-hydroxylation sites is 1. The Morgan fingerprint density at radius 3 is 2.41 bits per heavy atom. The molecule has 2 fully saturated rings. The molecule has 0 bridgehead atoms. The van der Waals surface area contributed by atoms with Gasteiger partial charge in [-0.05, 0) is 92.6 Å². The third-order valence-corrected chi connectivity index (χ3v) is 7.58. The molecule has 1 aliphatic carbocycles. The standard InChI is InChI=1S/C28H28FN3OS/c1-19-17-21(20(2)31(19)25-15-13-22(29)14-16-25)18-26-27(33)32(24-11-7-4-8-12-24)28(34-26)30-23-9-5-3-6-10-23/h3,5-6,9-10,13-18,24H,4,7-8,11-12H2,1-2H3. The zero-order chi connectivity index (χ0) is 23.7. The molecule has 1 saturated carbocycles. The molecule has 34 heavy (non-hydrogen) atoms. The van der Waals surface area contributed by atoms with Crippen LogP contribution >= 0.6 is 11.8 Å². The number of aliphatic imine (C=N–C) groups is 1. The van der Waals surface area contributed by atoms with Crippen LogP contribution in [0, 0.1) is 19.7 Å². The van der Waals surface area contributed by atoms with E-state index in [1.165, 1.54) is 30.3 Å². The van der Waals surface area contributed by atoms with E-state index >= 15 is 0 Å². The van der Waals surface area contributed by atoms with Crippen LogP contribution in [0.25, 0.3) is 11.8 Å². The third-order valence-electron chi connectivity index (χ3n) is 6.60. The summed E-state index contributed by atoms with van der Waals surface area (Å²) in [6.07, 6.45) is 7.55. The highest BCUT2D eigenvalue weighted by Gasteiger charge is 2.38. The third kappa shape index (κ3) is 4.47. The molecule has 2 aromatic carbocycles. The quantitative estimate of drug-likeness (QED) is 0.377. The van der Waals surface area contributed by atoms with Crippen LogP contribution in [0.2, 0.25) is 0 Å². The van der Waals surface area contributed by atoms with E-state index in [1.54, 1.807) is 12.1 Å². The van der Waals surface area contributed by atoms with Crippen LogP contribution in [0.4, 0.5) is 10.1 Å². The number of carbonyl (C=O) groups is 1. The topological polar surface area (TPSA) is 37.6 Å². The zero-order valence-electron chi connectivity index (χ0n) is 19.5. The first-order valence-electron chi connectivity index (χ1n) is 11.8. The number of amides is 1. The minimum absolute atomic E-state index is 0.0400. The van der Waals surface area contributed by atoms with Gasteiger partial charge in [-0.25, -0.2) is 9.38 Å². The normalized spacial score (nSPS) is 19.5. The summed E-state index contributed by atoms with van der Waals surface area (Å²) < 4.78 is 15.5. The maximum atomic E-state index is 13.6. The Bertz CT molecular complexity index is 1250. The van der Waals surface area contributed by atoms with Gasteiger partial charge in [0.25, 0.3) is 5.91 Å². The molecular weight excluding hydrogens is 445 g/mol. The van der Waals surface area contributed by atoms with Crippen LogP contribution in [-0.2, 0) is 4.79 Å². The zero-order valence-corrected chi connectivity index (χ0v) is 20.3. The van der Waals surface area contributed by atoms with Gasteiger partial charge < -0.3 is 4.57 Å². The number of carbonyl (C=O) groups excluding carboxylic acids is 1. The van der Waals surface area contributed by atoms with Crippen molar-refractivity contribution in [1.29, 1.82) is 0 Å². The largest absolute Gasteiger partial charge is 0.318 e. The van der Waals surface area contributed by atoms with E-state index in [2.05, 4.69) is 10.6 Å². The van der Waals surface area contributed by atoms with Gasteiger partial charge in [-0.3, -0.25) is 9.69 Å². The number of aromatic nitrogens is 1. The molecule has 5 rings (SSSR count). The van der Waals surface area contributed by atoms with Gasteiger partial charge in [0.1, 0.15) is 5.82 Å². The molecule has 174 valence electrons. The molecule has 0 unspecified atom stereocenters. The average molecular weight is 474 g/mol. The van der Waals surface area contributed by atoms with E-state index in [9.17, 15) is 9.18 Å². The molecule has 0 atom stereocenters. The van der Waals surface area contributed by atoms with Crippen molar-refractivity contribution in [3.05, 3.63) is 88.3 Å². The van der Waals surface area contributed by atoms with E-state index < -0.39 is 0 Å². The molecule has 0 N–H and O–H groups in total. The number of amidine groups is 1. The second-order valence-electron chi connectivity index (χ2n) is 8.95. The molecule has 0 radical (unpaired) electrons. The van der Waals surface area contributed by atoms with Crippen molar-refractivity contribution < 1.29 is 9.18 Å². The highest BCUT2D eigenvalue weighted by molar-refractivity contribution is 8.18. The fraction of sp³-hybridized carbons (Fsp3) is 0.286. The molecule has 2 aliphatic rings. The highest BCUT2D eigenvalue weighted by atomic mass is 32.2. The van der Waals surface area contributed by atoms with Crippen molar-refractivity contribution in [3.63, 3.8) is 0 Å². The molecule has 4 nitrogen and oxygen atoms in total. The summed E-state index contributed by atoms with van der Waals surface area (Å²) in [4.78, 5) is 21.1. The Balaban J connectivity index is 1.52. The van der Waals surface area contributed by atoms with Crippen LogP contribution < -0.4 is 0 Å². The molecular formula is C28H28FN3OS. The molecule has 3 aromatic rings. The van der Waals surface area contributed by atoms with E-state index in [-0.39, 0.29) is 17.8 Å². The van der Waals surface area contributed by atoms with Crippen LogP contribution in [0.1, 0.15) is 49.1 Å². The number of aryl methyl sites for hydroxylation is 1. The number of halogens is 1. The number of hydrogen-bond acceptors (Lipinski definition) is 3. The van der Waals surface area contributed by atoms with Gasteiger partial charge in [-0.15, -0.1) is 0 Å². The average Bonchev–Trinajstić information content (AvgIpc) is 3.30. The monoisotopic (exact) mass is 473 g/mol. The summed E-state index contributed by atoms with van der Waals surface area (Å²) in [5, 5.41) is 0.765. The molecule has 0 spiro atoms. The number of thioether (sulfide) groups is 1. The molecule has 1 saturated heterocycles. The number of rotatable bonds is 4. The van der Waals surface area contributed by atoms with Crippen LogP contribution in [0.15, 0.2) is 70.6 Å². The van der Waals surface area contributed by atoms with Gasteiger partial charge in [0.2, 0.25) is 0 Å². The van der Waals surface area contributed by atoms with Crippen LogP contribution in [-0.4, -0.2) is 26.6 Å². The van der Waals surface area contributed by atoms with Gasteiger partial charge in [0.15, 0.2) is 5.17 Å². The summed E-state index contributed by atoms with van der Waals surface area (Å²) in [7, 11) is 0. The van der Waals surface area contributed by atoms with E-state index in [4.69, 9.17) is 4.99 Å². The van der Waals surface area contributed by atoms with Gasteiger partial charge in [0.05, 0.1) is 10.6 Å². The van der Waals surface area contributed by atoms with E-state index in [0.29, 0.717) is 4.91 Å². The van der Waals surface area contributed by atoms with Crippen molar-refractivity contribution in [2.75, 3.05) is 0 Å². The number of hydrogen-bond donors (Lipinski definition) is 0. The predicted octanol–water partition coefficient (Wildman–Crippen LogP) is 7.17. The Kier molecular flexibility index (Phi) is 6.42. The Hall–Kier alpha value is -3.12. The van der Waals surface area contributed by atoms with E-state index in [0.717, 1.165) is 59.2 Å². The molecule has 1 aliphatic heterocycles. The first kappa shape index (κ1) is 22.7. The Labute approximate surface area is 204 Å². The summed E-state index contributed by atoms with van der Waals surface area (Å²) in [6.45, 7) is 4.06. The summed E-state index contributed by atoms with van der Waals surface area (Å²) in [6, 6.07) is 18.6. The van der Waals surface area contributed by atoms with Gasteiger partial charge in [-0.2, -0.15) is 0 Å². The lowest BCUT2D eigenvalue weighted by molar-refractivity contribution is -0.124. The van der Waals surface area contributed by atoms with Gasteiger partial charge >= 0.3 is 0 Å². The minimum atomic E-state index is -0.255. The fourth-order valence-electron chi connectivity index (χ4n) is 4.90. The molecule has 2 heterocycles. The van der Waals surface area contributed by atoms with Crippen molar-refractivity contribution in [2.45, 2.75) is 52.0 Å². The van der Waals surface area contributed by atoms with Crippen molar-refractivity contribution in [1.82, 2.24) is 9.47 Å². The lowest BCUT2D eigenvalue weighted by Gasteiger charge is -2.30. The second kappa shape index (κ2) is 9.63. The predicted molar refractivity (Wildman–Crippen MR) is 138 cm³/mol. The van der Waals surface area contributed by atoms with Crippen molar-refractivity contribution >= 4 is 34.6 Å². The molecule has 1 amide bonds. The lowest BCUT2D eigenvalue weighted by atomic mass is 9.94. The second-order valence-corrected chi connectivity index (χ2v) is 9.95. The van der Waals surface area contributed by atoms with Gasteiger partial charge in [0, 0.05) is 23.1 Å².